The molecule has 0 fully saturated rings. The van der Waals surface area contributed by atoms with Crippen molar-refractivity contribution in [2.75, 3.05) is 4.90 Å². The molecule has 0 N–H and O–H groups in total. The first-order valence-corrected chi connectivity index (χ1v) is 23.7. The molecule has 0 radical (unpaired) electrons. The number of rotatable bonds is 5. The lowest BCUT2D eigenvalue weighted by atomic mass is 9.65. The van der Waals surface area contributed by atoms with Crippen molar-refractivity contribution in [2.24, 2.45) is 0 Å². The second-order valence-electron chi connectivity index (χ2n) is 19.2. The zero-order chi connectivity index (χ0) is 45.1. The summed E-state index contributed by atoms with van der Waals surface area (Å²) in [4.78, 5) is 2.42. The van der Waals surface area contributed by atoms with Gasteiger partial charge in [0.15, 0.2) is 0 Å². The highest BCUT2D eigenvalue weighted by molar-refractivity contribution is 6.00. The van der Waals surface area contributed by atoms with Gasteiger partial charge in [0.05, 0.1) is 5.41 Å². The molecule has 2 nitrogen and oxygen atoms in total. The molecule has 2 aliphatic carbocycles. The fourth-order valence-corrected chi connectivity index (χ4v) is 12.1. The second kappa shape index (κ2) is 14.5. The van der Waals surface area contributed by atoms with E-state index in [0.717, 1.165) is 44.9 Å². The summed E-state index contributed by atoms with van der Waals surface area (Å²) in [5.74, 6) is 1.86. The Morgan fingerprint density at radius 1 is 0.309 bits per heavy atom. The highest BCUT2D eigenvalue weighted by Gasteiger charge is 2.52. The van der Waals surface area contributed by atoms with E-state index in [1.165, 1.54) is 83.1 Å². The summed E-state index contributed by atoms with van der Waals surface area (Å²) < 4.78 is 7.22. The molecule has 320 valence electrons. The van der Waals surface area contributed by atoms with Crippen LogP contribution in [0, 0.1) is 0 Å². The Bertz CT molecular complexity index is 3780. The molecule has 11 aromatic rings. The summed E-state index contributed by atoms with van der Waals surface area (Å²) in [5.41, 5.74) is 20.1. The number of fused-ring (bicyclic) bond motifs is 16. The van der Waals surface area contributed by atoms with Crippen molar-refractivity contribution in [1.29, 1.82) is 0 Å². The molecular formula is C66H45NO. The molecule has 0 unspecified atom stereocenters. The van der Waals surface area contributed by atoms with Crippen molar-refractivity contribution in [3.8, 4) is 56.0 Å². The Kier molecular flexibility index (Phi) is 8.28. The number of nitrogens with zero attached hydrogens (tertiary/aromatic N) is 1. The van der Waals surface area contributed by atoms with Crippen molar-refractivity contribution >= 4 is 38.6 Å². The maximum absolute atomic E-state index is 7.22. The van der Waals surface area contributed by atoms with Gasteiger partial charge in [0.1, 0.15) is 11.5 Å². The fourth-order valence-electron chi connectivity index (χ4n) is 12.1. The first kappa shape index (κ1) is 38.8. The van der Waals surface area contributed by atoms with Gasteiger partial charge in [-0.1, -0.05) is 208 Å². The number of benzene rings is 11. The summed E-state index contributed by atoms with van der Waals surface area (Å²) in [6.07, 6.45) is 0. The second-order valence-corrected chi connectivity index (χ2v) is 19.2. The van der Waals surface area contributed by atoms with E-state index >= 15 is 0 Å². The maximum Gasteiger partial charge on any atom is 0.140 e. The lowest BCUT2D eigenvalue weighted by molar-refractivity contribution is 0.447. The van der Waals surface area contributed by atoms with Gasteiger partial charge in [-0.05, 0) is 120 Å². The van der Waals surface area contributed by atoms with Gasteiger partial charge in [-0.15, -0.1) is 0 Å². The van der Waals surface area contributed by atoms with Crippen LogP contribution in [-0.2, 0) is 10.8 Å². The lowest BCUT2D eigenvalue weighted by Gasteiger charge is -2.40. The summed E-state index contributed by atoms with van der Waals surface area (Å²) in [5, 5.41) is 4.58. The third-order valence-corrected chi connectivity index (χ3v) is 15.3. The van der Waals surface area contributed by atoms with Gasteiger partial charge >= 0.3 is 0 Å². The van der Waals surface area contributed by atoms with Crippen LogP contribution in [0.4, 0.5) is 17.1 Å². The topological polar surface area (TPSA) is 12.5 Å². The molecule has 68 heavy (non-hydrogen) atoms. The van der Waals surface area contributed by atoms with E-state index in [4.69, 9.17) is 4.74 Å². The Balaban J connectivity index is 0.943. The number of ether oxygens (including phenoxy) is 1. The van der Waals surface area contributed by atoms with Gasteiger partial charge in [0, 0.05) is 44.4 Å². The van der Waals surface area contributed by atoms with Crippen LogP contribution in [0.2, 0.25) is 0 Å². The minimum absolute atomic E-state index is 0.0731. The van der Waals surface area contributed by atoms with Crippen LogP contribution < -0.4 is 9.64 Å². The molecular weight excluding hydrogens is 823 g/mol. The normalized spacial score (nSPS) is 14.1. The van der Waals surface area contributed by atoms with Crippen molar-refractivity contribution in [2.45, 2.75) is 24.7 Å². The van der Waals surface area contributed by atoms with Gasteiger partial charge in [0.25, 0.3) is 0 Å². The Morgan fingerprint density at radius 2 is 0.809 bits per heavy atom. The highest BCUT2D eigenvalue weighted by Crippen LogP contribution is 2.64. The number of hydrogen-bond acceptors (Lipinski definition) is 2. The van der Waals surface area contributed by atoms with Crippen LogP contribution in [0.15, 0.2) is 237 Å². The van der Waals surface area contributed by atoms with E-state index in [1.54, 1.807) is 0 Å². The zero-order valence-electron chi connectivity index (χ0n) is 37.9. The van der Waals surface area contributed by atoms with Gasteiger partial charge in [0.2, 0.25) is 0 Å². The molecule has 0 saturated heterocycles. The maximum atomic E-state index is 7.22. The van der Waals surface area contributed by atoms with E-state index < -0.39 is 5.41 Å². The molecule has 11 aromatic carbocycles. The minimum Gasteiger partial charge on any atom is -0.455 e. The molecule has 0 atom stereocenters. The molecule has 1 heterocycles. The van der Waals surface area contributed by atoms with Crippen LogP contribution in [0.25, 0.3) is 66.1 Å². The molecule has 0 saturated carbocycles. The standard InChI is InChI=1S/C66H45NO/c1-65(2)57-25-12-10-24-54(57)56-41-50(34-38-58(56)65)67(49-20-14-19-46(39-49)42-15-4-3-5-16-42)48-32-27-43(28-33-48)47-29-35-55-53-23-11-13-26-59(53)66(62(55)40-47)60-36-30-44-17-6-8-21-51(44)63(60)68-64-52-22-9-7-18-45(52)31-37-61(64)66/h3-41H,1-2H3. The van der Waals surface area contributed by atoms with Gasteiger partial charge in [-0.2, -0.15) is 0 Å². The third kappa shape index (κ3) is 5.46. The van der Waals surface area contributed by atoms with Crippen molar-refractivity contribution in [1.82, 2.24) is 0 Å². The highest BCUT2D eigenvalue weighted by atomic mass is 16.5. The van der Waals surface area contributed by atoms with Crippen molar-refractivity contribution < 1.29 is 4.74 Å². The van der Waals surface area contributed by atoms with E-state index in [0.29, 0.717) is 0 Å². The summed E-state index contributed by atoms with van der Waals surface area (Å²) in [6, 6.07) is 87.4. The SMILES string of the molecule is CC1(C)c2ccccc2-c2cc(N(c3ccc(-c4ccc5c(c4)C4(c6ccccc6-5)c5ccc6ccccc6c5Oc5c4ccc4ccccc54)cc3)c3cccc(-c4ccccc4)c3)ccc21. The molecule has 0 bridgehead atoms. The van der Waals surface area contributed by atoms with E-state index in [-0.39, 0.29) is 5.41 Å². The monoisotopic (exact) mass is 867 g/mol. The van der Waals surface area contributed by atoms with Crippen molar-refractivity contribution in [3.63, 3.8) is 0 Å². The summed E-state index contributed by atoms with van der Waals surface area (Å²) >= 11 is 0. The van der Waals surface area contributed by atoms with E-state index in [2.05, 4.69) is 255 Å². The molecule has 0 amide bonds. The third-order valence-electron chi connectivity index (χ3n) is 15.3. The molecule has 1 aliphatic heterocycles. The van der Waals surface area contributed by atoms with E-state index in [9.17, 15) is 0 Å². The van der Waals surface area contributed by atoms with Crippen LogP contribution in [0.3, 0.4) is 0 Å². The van der Waals surface area contributed by atoms with Crippen LogP contribution in [-0.4, -0.2) is 0 Å². The average Bonchev–Trinajstić information content (AvgIpc) is 3.81. The fraction of sp³-hybridized carbons (Fsp3) is 0.0606. The first-order valence-electron chi connectivity index (χ1n) is 23.7. The Morgan fingerprint density at radius 3 is 1.53 bits per heavy atom. The largest absolute Gasteiger partial charge is 0.455 e. The van der Waals surface area contributed by atoms with Crippen molar-refractivity contribution in [3.05, 3.63) is 270 Å². The predicted molar refractivity (Wildman–Crippen MR) is 282 cm³/mol. The van der Waals surface area contributed by atoms with Gasteiger partial charge in [-0.3, -0.25) is 0 Å². The van der Waals surface area contributed by atoms with Crippen LogP contribution in [0.5, 0.6) is 11.5 Å². The zero-order valence-corrected chi connectivity index (χ0v) is 37.9. The Hall–Kier alpha value is -8.46. The minimum atomic E-state index is -0.611. The van der Waals surface area contributed by atoms with Gasteiger partial charge in [-0.25, -0.2) is 0 Å². The van der Waals surface area contributed by atoms with Crippen LogP contribution >= 0.6 is 0 Å². The molecule has 14 rings (SSSR count). The lowest BCUT2D eigenvalue weighted by Crippen LogP contribution is -2.32. The molecule has 3 aliphatic rings. The van der Waals surface area contributed by atoms with E-state index in [1.807, 2.05) is 0 Å². The van der Waals surface area contributed by atoms with Gasteiger partial charge < -0.3 is 9.64 Å². The molecule has 2 heteroatoms. The average molecular weight is 868 g/mol. The Labute approximate surface area is 397 Å². The van der Waals surface area contributed by atoms with Crippen LogP contribution in [0.1, 0.15) is 47.2 Å². The smallest absolute Gasteiger partial charge is 0.140 e. The number of anilines is 3. The molecule has 1 spiro atoms. The quantitative estimate of drug-likeness (QED) is 0.171. The summed E-state index contributed by atoms with van der Waals surface area (Å²) in [6.45, 7) is 4.69. The summed E-state index contributed by atoms with van der Waals surface area (Å²) in [7, 11) is 0. The predicted octanol–water partition coefficient (Wildman–Crippen LogP) is 17.6. The number of hydrogen-bond donors (Lipinski definition) is 0. The molecule has 0 aromatic heterocycles. The first-order chi connectivity index (χ1) is 33.5.